The maximum Gasteiger partial charge on any atom is 0.119 e. The summed E-state index contributed by atoms with van der Waals surface area (Å²) in [5.41, 5.74) is 1.33. The first-order valence-corrected chi connectivity index (χ1v) is 8.50. The Labute approximate surface area is 127 Å². The van der Waals surface area contributed by atoms with E-state index in [0.29, 0.717) is 12.6 Å². The number of methoxy groups -OCH3 is 1. The van der Waals surface area contributed by atoms with Crippen LogP contribution in [0.3, 0.4) is 0 Å². The van der Waals surface area contributed by atoms with Gasteiger partial charge in [-0.1, -0.05) is 19.1 Å². The van der Waals surface area contributed by atoms with Crippen molar-refractivity contribution in [3.05, 3.63) is 29.8 Å². The first-order chi connectivity index (χ1) is 9.81. The largest absolute Gasteiger partial charge is 0.494 e. The van der Waals surface area contributed by atoms with Crippen molar-refractivity contribution in [2.75, 3.05) is 38.4 Å². The van der Waals surface area contributed by atoms with E-state index in [1.54, 1.807) is 7.11 Å². The summed E-state index contributed by atoms with van der Waals surface area (Å²) < 4.78 is 10.6. The van der Waals surface area contributed by atoms with Gasteiger partial charge in [0.1, 0.15) is 5.75 Å². The molecule has 1 aromatic carbocycles. The van der Waals surface area contributed by atoms with Gasteiger partial charge in [-0.25, -0.2) is 0 Å². The molecule has 0 aliphatic rings. The highest BCUT2D eigenvalue weighted by molar-refractivity contribution is 7.99. The average molecular weight is 297 g/mol. The zero-order valence-electron chi connectivity index (χ0n) is 12.9. The molecule has 114 valence electrons. The number of hydrogen-bond acceptors (Lipinski definition) is 4. The normalized spacial score (nSPS) is 12.3. The topological polar surface area (TPSA) is 30.5 Å². The van der Waals surface area contributed by atoms with Crippen molar-refractivity contribution in [1.82, 2.24) is 5.32 Å². The summed E-state index contributed by atoms with van der Waals surface area (Å²) in [7, 11) is 1.75. The summed E-state index contributed by atoms with van der Waals surface area (Å²) >= 11 is 1.93. The number of hydrogen-bond donors (Lipinski definition) is 1. The molecule has 4 heteroatoms. The van der Waals surface area contributed by atoms with E-state index in [-0.39, 0.29) is 0 Å². The first kappa shape index (κ1) is 17.3. The minimum absolute atomic E-state index is 0.396. The number of ether oxygens (including phenoxy) is 2. The molecule has 0 spiro atoms. The van der Waals surface area contributed by atoms with Crippen molar-refractivity contribution < 1.29 is 9.47 Å². The SMILES string of the molecule is CCCNC(CSCCOC)c1ccc(OCC)cc1. The fourth-order valence-electron chi connectivity index (χ4n) is 1.90. The summed E-state index contributed by atoms with van der Waals surface area (Å²) in [6.45, 7) is 6.77. The summed E-state index contributed by atoms with van der Waals surface area (Å²) in [5, 5.41) is 3.61. The molecule has 0 saturated carbocycles. The Morgan fingerprint density at radius 2 is 1.95 bits per heavy atom. The Balaban J connectivity index is 2.56. The van der Waals surface area contributed by atoms with E-state index in [1.807, 2.05) is 18.7 Å². The van der Waals surface area contributed by atoms with E-state index in [4.69, 9.17) is 9.47 Å². The molecule has 0 heterocycles. The lowest BCUT2D eigenvalue weighted by molar-refractivity contribution is 0.218. The molecule has 1 aromatic rings. The van der Waals surface area contributed by atoms with E-state index in [0.717, 1.165) is 36.8 Å². The summed E-state index contributed by atoms with van der Waals surface area (Å²) in [4.78, 5) is 0. The van der Waals surface area contributed by atoms with Gasteiger partial charge in [-0.05, 0) is 37.6 Å². The molecule has 0 fully saturated rings. The van der Waals surface area contributed by atoms with Gasteiger partial charge in [0.15, 0.2) is 0 Å². The molecule has 1 N–H and O–H groups in total. The third-order valence-corrected chi connectivity index (χ3v) is 3.97. The van der Waals surface area contributed by atoms with Crippen LogP contribution in [0.4, 0.5) is 0 Å². The molecule has 1 atom stereocenters. The van der Waals surface area contributed by atoms with Crippen LogP contribution in [0.2, 0.25) is 0 Å². The van der Waals surface area contributed by atoms with Gasteiger partial charge in [-0.2, -0.15) is 11.8 Å². The molecule has 3 nitrogen and oxygen atoms in total. The van der Waals surface area contributed by atoms with Crippen molar-refractivity contribution >= 4 is 11.8 Å². The fourth-order valence-corrected chi connectivity index (χ4v) is 2.90. The van der Waals surface area contributed by atoms with Crippen molar-refractivity contribution in [3.8, 4) is 5.75 Å². The second-order valence-electron chi connectivity index (χ2n) is 4.58. The molecule has 0 aromatic heterocycles. The lowest BCUT2D eigenvalue weighted by Crippen LogP contribution is -2.24. The van der Waals surface area contributed by atoms with Crippen LogP contribution in [0.15, 0.2) is 24.3 Å². The summed E-state index contributed by atoms with van der Waals surface area (Å²) in [6, 6.07) is 8.83. The van der Waals surface area contributed by atoms with Gasteiger partial charge in [0.25, 0.3) is 0 Å². The van der Waals surface area contributed by atoms with Crippen molar-refractivity contribution in [2.24, 2.45) is 0 Å². The molecule has 20 heavy (non-hydrogen) atoms. The molecule has 0 radical (unpaired) electrons. The standard InChI is InChI=1S/C16H27NO2S/c1-4-10-17-16(13-20-12-11-18-3)14-6-8-15(9-7-14)19-5-2/h6-9,16-17H,4-5,10-13H2,1-3H3. The van der Waals surface area contributed by atoms with Gasteiger partial charge in [-0.3, -0.25) is 0 Å². The van der Waals surface area contributed by atoms with Crippen LogP contribution in [0.5, 0.6) is 5.75 Å². The Morgan fingerprint density at radius 3 is 2.55 bits per heavy atom. The van der Waals surface area contributed by atoms with Gasteiger partial charge in [0.2, 0.25) is 0 Å². The van der Waals surface area contributed by atoms with Gasteiger partial charge in [0, 0.05) is 24.7 Å². The highest BCUT2D eigenvalue weighted by Gasteiger charge is 2.10. The Bertz CT molecular complexity index is 343. The predicted molar refractivity (Wildman–Crippen MR) is 87.8 cm³/mol. The van der Waals surface area contributed by atoms with Crippen LogP contribution >= 0.6 is 11.8 Å². The highest BCUT2D eigenvalue weighted by atomic mass is 32.2. The molecule has 0 amide bonds. The Morgan fingerprint density at radius 1 is 1.20 bits per heavy atom. The van der Waals surface area contributed by atoms with E-state index in [9.17, 15) is 0 Å². The maximum absolute atomic E-state index is 5.49. The molecule has 0 aliphatic carbocycles. The van der Waals surface area contributed by atoms with Crippen LogP contribution in [0, 0.1) is 0 Å². The molecule has 1 rings (SSSR count). The van der Waals surface area contributed by atoms with Gasteiger partial charge >= 0.3 is 0 Å². The summed E-state index contributed by atoms with van der Waals surface area (Å²) in [5.74, 6) is 3.05. The Hall–Kier alpha value is -0.710. The van der Waals surface area contributed by atoms with Crippen molar-refractivity contribution in [3.63, 3.8) is 0 Å². The van der Waals surface area contributed by atoms with E-state index >= 15 is 0 Å². The van der Waals surface area contributed by atoms with Crippen LogP contribution in [0.1, 0.15) is 31.9 Å². The minimum atomic E-state index is 0.396. The van der Waals surface area contributed by atoms with Crippen LogP contribution in [-0.4, -0.2) is 38.4 Å². The molecule has 1 unspecified atom stereocenters. The number of benzene rings is 1. The Kier molecular flexibility index (Phi) is 9.54. The van der Waals surface area contributed by atoms with Gasteiger partial charge < -0.3 is 14.8 Å². The monoisotopic (exact) mass is 297 g/mol. The molecule has 0 aliphatic heterocycles. The van der Waals surface area contributed by atoms with Gasteiger partial charge in [0.05, 0.1) is 13.2 Å². The molecular weight excluding hydrogens is 270 g/mol. The average Bonchev–Trinajstić information content (AvgIpc) is 2.48. The number of rotatable bonds is 11. The zero-order valence-corrected chi connectivity index (χ0v) is 13.7. The lowest BCUT2D eigenvalue weighted by Gasteiger charge is -2.19. The summed E-state index contributed by atoms with van der Waals surface area (Å²) in [6.07, 6.45) is 1.15. The van der Waals surface area contributed by atoms with Crippen molar-refractivity contribution in [1.29, 1.82) is 0 Å². The van der Waals surface area contributed by atoms with E-state index in [2.05, 4.69) is 36.5 Å². The van der Waals surface area contributed by atoms with Crippen molar-refractivity contribution in [2.45, 2.75) is 26.3 Å². The highest BCUT2D eigenvalue weighted by Crippen LogP contribution is 2.21. The smallest absolute Gasteiger partial charge is 0.119 e. The lowest BCUT2D eigenvalue weighted by atomic mass is 10.1. The molecule has 0 saturated heterocycles. The number of thioether (sulfide) groups is 1. The zero-order chi connectivity index (χ0) is 14.6. The first-order valence-electron chi connectivity index (χ1n) is 7.34. The minimum Gasteiger partial charge on any atom is -0.494 e. The quantitative estimate of drug-likeness (QED) is 0.633. The predicted octanol–water partition coefficient (Wildman–Crippen LogP) is 3.51. The van der Waals surface area contributed by atoms with E-state index in [1.165, 1.54) is 5.56 Å². The van der Waals surface area contributed by atoms with Crippen LogP contribution in [0.25, 0.3) is 0 Å². The van der Waals surface area contributed by atoms with Crippen LogP contribution in [-0.2, 0) is 4.74 Å². The van der Waals surface area contributed by atoms with Crippen LogP contribution < -0.4 is 10.1 Å². The molecular formula is C16H27NO2S. The fraction of sp³-hybridized carbons (Fsp3) is 0.625. The second kappa shape index (κ2) is 11.0. The number of nitrogens with one attached hydrogen (secondary N) is 1. The van der Waals surface area contributed by atoms with Gasteiger partial charge in [-0.15, -0.1) is 0 Å². The maximum atomic E-state index is 5.49. The third kappa shape index (κ3) is 6.64. The second-order valence-corrected chi connectivity index (χ2v) is 5.73. The van der Waals surface area contributed by atoms with E-state index < -0.39 is 0 Å². The third-order valence-electron chi connectivity index (χ3n) is 2.95. The molecule has 0 bridgehead atoms.